The predicted octanol–water partition coefficient (Wildman–Crippen LogP) is 7.05. The van der Waals surface area contributed by atoms with E-state index < -0.39 is 28.5 Å². The largest absolute Gasteiger partial charge is 0.492 e. The van der Waals surface area contributed by atoms with Gasteiger partial charge >= 0.3 is 0 Å². The molecule has 0 radical (unpaired) electrons. The molecule has 2 amide bonds. The Labute approximate surface area is 292 Å². The number of nitrogens with zero attached hydrogens (tertiary/aromatic N) is 2. The molecule has 0 aromatic heterocycles. The number of halogens is 1. The number of nitrogens with one attached hydrogen (secondary N) is 1. The molecule has 48 heavy (non-hydrogen) atoms. The normalized spacial score (nSPS) is 13.9. The van der Waals surface area contributed by atoms with Crippen LogP contribution in [0.1, 0.15) is 49.3 Å². The molecule has 4 aromatic rings. The molecule has 0 saturated heterocycles. The molecule has 5 rings (SSSR count). The highest BCUT2D eigenvalue weighted by Crippen LogP contribution is 2.33. The van der Waals surface area contributed by atoms with Gasteiger partial charge in [-0.05, 0) is 74.2 Å². The molecule has 4 aromatic carbocycles. The van der Waals surface area contributed by atoms with Gasteiger partial charge in [0, 0.05) is 23.5 Å². The van der Waals surface area contributed by atoms with Crippen LogP contribution in [-0.2, 0) is 32.6 Å². The van der Waals surface area contributed by atoms with Gasteiger partial charge in [-0.2, -0.15) is 0 Å². The Bertz CT molecular complexity index is 1780. The first kappa shape index (κ1) is 35.2. The first-order chi connectivity index (χ1) is 23.2. The van der Waals surface area contributed by atoms with Crippen molar-refractivity contribution in [2.24, 2.45) is 0 Å². The summed E-state index contributed by atoms with van der Waals surface area (Å²) in [7, 11) is -4.24. The standard InChI is InChI=1S/C38H42BrN3O5S/c1-3-47-36-16-10-9-15-34(36)42(48(45,46)33-23-17-28(2)18-24-33)27-37(43)41(26-30-19-21-31(39)22-20-30)35(25-29-11-5-4-6-12-29)38(44)40-32-13-7-8-14-32/h4-6,9-12,15-24,32,35H,3,7-8,13-14,25-27H2,1-2H3,(H,40,44)/t35-/m0/s1. The SMILES string of the molecule is CCOc1ccccc1N(CC(=O)N(Cc1ccc(Br)cc1)[C@@H](Cc1ccccc1)C(=O)NC1CCCC1)S(=O)(=O)c1ccc(C)cc1. The van der Waals surface area contributed by atoms with Gasteiger partial charge in [0.05, 0.1) is 17.2 Å². The number of hydrogen-bond donors (Lipinski definition) is 1. The number of anilines is 1. The van der Waals surface area contributed by atoms with Crippen molar-refractivity contribution in [3.05, 3.63) is 124 Å². The van der Waals surface area contributed by atoms with Crippen molar-refractivity contribution < 1.29 is 22.7 Å². The molecule has 0 unspecified atom stereocenters. The molecule has 0 aliphatic heterocycles. The molecule has 0 spiro atoms. The van der Waals surface area contributed by atoms with Gasteiger partial charge in [-0.3, -0.25) is 13.9 Å². The summed E-state index contributed by atoms with van der Waals surface area (Å²) in [6, 6.07) is 29.6. The maximum absolute atomic E-state index is 14.8. The van der Waals surface area contributed by atoms with E-state index in [1.807, 2.05) is 68.4 Å². The summed E-state index contributed by atoms with van der Waals surface area (Å²) in [5.41, 5.74) is 2.85. The van der Waals surface area contributed by atoms with E-state index in [0.717, 1.165) is 51.2 Å². The molecule has 8 nitrogen and oxygen atoms in total. The molecule has 1 aliphatic carbocycles. The number of carbonyl (C=O) groups is 2. The minimum Gasteiger partial charge on any atom is -0.492 e. The van der Waals surface area contributed by atoms with Crippen molar-refractivity contribution >= 4 is 43.5 Å². The maximum Gasteiger partial charge on any atom is 0.264 e. The van der Waals surface area contributed by atoms with Gasteiger partial charge in [0.15, 0.2) is 0 Å². The summed E-state index contributed by atoms with van der Waals surface area (Å²) in [5.74, 6) is -0.427. The molecule has 1 N–H and O–H groups in total. The van der Waals surface area contributed by atoms with E-state index in [0.29, 0.717) is 12.4 Å². The highest BCUT2D eigenvalue weighted by Gasteiger charge is 2.36. The van der Waals surface area contributed by atoms with Crippen LogP contribution >= 0.6 is 15.9 Å². The number of amides is 2. The number of carbonyl (C=O) groups excluding carboxylic acids is 2. The number of hydrogen-bond acceptors (Lipinski definition) is 5. The number of para-hydroxylation sites is 2. The molecule has 0 heterocycles. The van der Waals surface area contributed by atoms with E-state index in [4.69, 9.17) is 4.74 Å². The highest BCUT2D eigenvalue weighted by molar-refractivity contribution is 9.10. The van der Waals surface area contributed by atoms with Crippen LogP contribution in [0.25, 0.3) is 0 Å². The lowest BCUT2D eigenvalue weighted by atomic mass is 10.0. The summed E-state index contributed by atoms with van der Waals surface area (Å²) in [5, 5.41) is 3.21. The van der Waals surface area contributed by atoms with E-state index in [1.54, 1.807) is 36.4 Å². The summed E-state index contributed by atoms with van der Waals surface area (Å²) in [6.45, 7) is 3.56. The van der Waals surface area contributed by atoms with Gasteiger partial charge in [-0.25, -0.2) is 8.42 Å². The van der Waals surface area contributed by atoms with Gasteiger partial charge < -0.3 is 15.0 Å². The van der Waals surface area contributed by atoms with E-state index in [1.165, 1.54) is 17.0 Å². The topological polar surface area (TPSA) is 96.0 Å². The lowest BCUT2D eigenvalue weighted by molar-refractivity contribution is -0.140. The zero-order valence-electron chi connectivity index (χ0n) is 27.3. The molecule has 1 fully saturated rings. The van der Waals surface area contributed by atoms with Crippen molar-refractivity contribution in [1.82, 2.24) is 10.2 Å². The van der Waals surface area contributed by atoms with E-state index in [2.05, 4.69) is 21.2 Å². The molecular weight excluding hydrogens is 690 g/mol. The zero-order valence-corrected chi connectivity index (χ0v) is 29.8. The molecule has 1 saturated carbocycles. The molecule has 252 valence electrons. The third kappa shape index (κ3) is 8.85. The van der Waals surface area contributed by atoms with Crippen LogP contribution in [0.15, 0.2) is 112 Å². The van der Waals surface area contributed by atoms with Crippen LogP contribution in [0, 0.1) is 6.92 Å². The van der Waals surface area contributed by atoms with Gasteiger partial charge in [0.1, 0.15) is 18.3 Å². The Hall–Kier alpha value is -4.15. The Balaban J connectivity index is 1.59. The minimum atomic E-state index is -4.24. The lowest BCUT2D eigenvalue weighted by Gasteiger charge is -2.34. The highest BCUT2D eigenvalue weighted by atomic mass is 79.9. The third-order valence-electron chi connectivity index (χ3n) is 8.56. The Morgan fingerprint density at radius 1 is 0.875 bits per heavy atom. The molecule has 10 heteroatoms. The monoisotopic (exact) mass is 731 g/mol. The van der Waals surface area contributed by atoms with Crippen molar-refractivity contribution in [1.29, 1.82) is 0 Å². The summed E-state index contributed by atoms with van der Waals surface area (Å²) in [6.07, 6.45) is 4.13. The van der Waals surface area contributed by atoms with E-state index in [9.17, 15) is 18.0 Å². The molecular formula is C38H42BrN3O5S. The van der Waals surface area contributed by atoms with Gasteiger partial charge in [0.25, 0.3) is 10.0 Å². The van der Waals surface area contributed by atoms with Crippen molar-refractivity contribution in [3.63, 3.8) is 0 Å². The fourth-order valence-corrected chi connectivity index (χ4v) is 7.69. The molecule has 1 atom stereocenters. The quantitative estimate of drug-likeness (QED) is 0.150. The average Bonchev–Trinajstić information content (AvgIpc) is 3.60. The second-order valence-electron chi connectivity index (χ2n) is 12.1. The van der Waals surface area contributed by atoms with Crippen LogP contribution in [0.2, 0.25) is 0 Å². The Morgan fingerprint density at radius 3 is 2.19 bits per heavy atom. The molecule has 1 aliphatic rings. The number of benzene rings is 4. The van der Waals surface area contributed by atoms with Crippen molar-refractivity contribution in [2.45, 2.75) is 69.5 Å². The fourth-order valence-electron chi connectivity index (χ4n) is 6.00. The first-order valence-electron chi connectivity index (χ1n) is 16.3. The zero-order chi connectivity index (χ0) is 34.1. The molecule has 0 bridgehead atoms. The Kier molecular flexibility index (Phi) is 11.9. The number of rotatable bonds is 14. The van der Waals surface area contributed by atoms with E-state index in [-0.39, 0.29) is 35.5 Å². The van der Waals surface area contributed by atoms with Crippen molar-refractivity contribution in [2.75, 3.05) is 17.5 Å². The van der Waals surface area contributed by atoms with Gasteiger partial charge in [0.2, 0.25) is 11.8 Å². The summed E-state index contributed by atoms with van der Waals surface area (Å²) < 4.78 is 36.6. The summed E-state index contributed by atoms with van der Waals surface area (Å²) in [4.78, 5) is 30.5. The van der Waals surface area contributed by atoms with Crippen LogP contribution < -0.4 is 14.4 Å². The van der Waals surface area contributed by atoms with Crippen LogP contribution in [-0.4, -0.2) is 50.4 Å². The number of ether oxygens (including phenoxy) is 1. The maximum atomic E-state index is 14.8. The minimum absolute atomic E-state index is 0.0388. The second kappa shape index (κ2) is 16.3. The van der Waals surface area contributed by atoms with Crippen LogP contribution in [0.3, 0.4) is 0 Å². The van der Waals surface area contributed by atoms with Gasteiger partial charge in [-0.1, -0.05) is 101 Å². The van der Waals surface area contributed by atoms with Gasteiger partial charge in [-0.15, -0.1) is 0 Å². The summed E-state index contributed by atoms with van der Waals surface area (Å²) >= 11 is 3.48. The van der Waals surface area contributed by atoms with Crippen LogP contribution in [0.5, 0.6) is 5.75 Å². The van der Waals surface area contributed by atoms with Crippen LogP contribution in [0.4, 0.5) is 5.69 Å². The predicted molar refractivity (Wildman–Crippen MR) is 192 cm³/mol. The average molecular weight is 733 g/mol. The third-order valence-corrected chi connectivity index (χ3v) is 10.9. The smallest absolute Gasteiger partial charge is 0.264 e. The fraction of sp³-hybridized carbons (Fsp3) is 0.316. The lowest BCUT2D eigenvalue weighted by Crippen LogP contribution is -2.54. The van der Waals surface area contributed by atoms with Crippen molar-refractivity contribution in [3.8, 4) is 5.75 Å². The van der Waals surface area contributed by atoms with E-state index >= 15 is 0 Å². The number of aryl methyl sites for hydroxylation is 1. The second-order valence-corrected chi connectivity index (χ2v) is 14.8. The first-order valence-corrected chi connectivity index (χ1v) is 18.6. The number of sulfonamides is 1. The Morgan fingerprint density at radius 2 is 1.52 bits per heavy atom.